The van der Waals surface area contributed by atoms with E-state index < -0.39 is 6.04 Å². The molecule has 3 amide bonds. The number of hydrogen-bond donors (Lipinski definition) is 1. The average molecular weight is 392 g/mol. The molecule has 0 spiro atoms. The van der Waals surface area contributed by atoms with Gasteiger partial charge in [-0.3, -0.25) is 19.3 Å². The Kier molecular flexibility index (Phi) is 4.76. The van der Waals surface area contributed by atoms with E-state index >= 15 is 0 Å². The molecule has 2 bridgehead atoms. The second-order valence-electron chi connectivity index (χ2n) is 9.10. The summed E-state index contributed by atoms with van der Waals surface area (Å²) in [5.41, 5.74) is 0.968. The van der Waals surface area contributed by atoms with Crippen LogP contribution in [0.4, 0.5) is 0 Å². The normalized spacial score (nSPS) is 31.9. The summed E-state index contributed by atoms with van der Waals surface area (Å²) in [4.78, 5) is 41.3. The Bertz CT molecular complexity index is 813. The molecule has 0 aromatic heterocycles. The van der Waals surface area contributed by atoms with Gasteiger partial charge >= 0.3 is 0 Å². The van der Waals surface area contributed by atoms with Gasteiger partial charge in [-0.2, -0.15) is 0 Å². The molecule has 5 heteroatoms. The molecule has 1 aromatic rings. The lowest BCUT2D eigenvalue weighted by molar-refractivity contribution is -0.148. The van der Waals surface area contributed by atoms with Crippen LogP contribution in [0.1, 0.15) is 44.1 Å². The number of carbonyl (C=O) groups is 3. The monoisotopic (exact) mass is 392 g/mol. The van der Waals surface area contributed by atoms with Crippen molar-refractivity contribution in [3.05, 3.63) is 48.0 Å². The first-order chi connectivity index (χ1) is 14.1. The standard InChI is InChI=1S/C24H28N2O3/c27-22(25-18-9-5-2-6-10-18)19(13-15-7-3-1-4-8-15)26-23(28)20-16-11-12-17(14-16)21(20)24(26)29/h1,3-4,7-8,11-12,16-21H,2,5-6,9-10,13-14H2,(H,25,27)/t16-,17+,19-,20-,21-/m0/s1. The third-order valence-electron chi connectivity index (χ3n) is 7.34. The molecule has 1 saturated heterocycles. The number of rotatable bonds is 5. The Morgan fingerprint density at radius 1 is 0.966 bits per heavy atom. The summed E-state index contributed by atoms with van der Waals surface area (Å²) in [7, 11) is 0. The number of carbonyl (C=O) groups excluding carboxylic acids is 3. The van der Waals surface area contributed by atoms with Gasteiger partial charge in [-0.25, -0.2) is 0 Å². The maximum atomic E-state index is 13.3. The van der Waals surface area contributed by atoms with Crippen LogP contribution in [0.2, 0.25) is 0 Å². The number of hydrogen-bond acceptors (Lipinski definition) is 3. The SMILES string of the molecule is O=C(NC1CCCCC1)[C@H](Cc1ccccc1)N1C(=O)[C@@H]2[C@@H](C1=O)[C@H]1C=C[C@@H]2C1. The van der Waals surface area contributed by atoms with Crippen LogP contribution in [-0.4, -0.2) is 34.7 Å². The van der Waals surface area contributed by atoms with Crippen molar-refractivity contribution in [2.45, 2.75) is 57.0 Å². The number of imide groups is 1. The predicted octanol–water partition coefficient (Wildman–Crippen LogP) is 2.85. The first-order valence-electron chi connectivity index (χ1n) is 11.0. The van der Waals surface area contributed by atoms with Gasteiger partial charge in [-0.1, -0.05) is 61.7 Å². The fourth-order valence-corrected chi connectivity index (χ4v) is 5.92. The molecule has 0 unspecified atom stereocenters. The number of allylic oxidation sites excluding steroid dienone is 2. The molecule has 0 radical (unpaired) electrons. The van der Waals surface area contributed by atoms with E-state index in [4.69, 9.17) is 0 Å². The van der Waals surface area contributed by atoms with Crippen molar-refractivity contribution in [3.63, 3.8) is 0 Å². The van der Waals surface area contributed by atoms with Gasteiger partial charge in [0.15, 0.2) is 0 Å². The zero-order chi connectivity index (χ0) is 20.0. The lowest BCUT2D eigenvalue weighted by Gasteiger charge is -2.30. The highest BCUT2D eigenvalue weighted by Gasteiger charge is 2.61. The van der Waals surface area contributed by atoms with Crippen LogP contribution in [0.5, 0.6) is 0 Å². The van der Waals surface area contributed by atoms with E-state index in [-0.39, 0.29) is 47.4 Å². The molecule has 1 aromatic carbocycles. The van der Waals surface area contributed by atoms with Crippen molar-refractivity contribution in [2.24, 2.45) is 23.7 Å². The molecule has 5 atom stereocenters. The van der Waals surface area contributed by atoms with Crippen molar-refractivity contribution >= 4 is 17.7 Å². The predicted molar refractivity (Wildman–Crippen MR) is 109 cm³/mol. The zero-order valence-electron chi connectivity index (χ0n) is 16.6. The van der Waals surface area contributed by atoms with Crippen LogP contribution in [0.3, 0.4) is 0 Å². The van der Waals surface area contributed by atoms with Crippen LogP contribution in [-0.2, 0) is 20.8 Å². The first kappa shape index (κ1) is 18.6. The van der Waals surface area contributed by atoms with E-state index in [0.29, 0.717) is 6.42 Å². The smallest absolute Gasteiger partial charge is 0.243 e. The largest absolute Gasteiger partial charge is 0.352 e. The second-order valence-corrected chi connectivity index (χ2v) is 9.10. The number of amides is 3. The average Bonchev–Trinajstić information content (AvgIpc) is 3.42. The van der Waals surface area contributed by atoms with Crippen LogP contribution in [0, 0.1) is 23.7 Å². The molecule has 5 rings (SSSR count). The summed E-state index contributed by atoms with van der Waals surface area (Å²) >= 11 is 0. The molecule has 3 aliphatic carbocycles. The van der Waals surface area contributed by atoms with Crippen molar-refractivity contribution in [1.82, 2.24) is 10.2 Å². The summed E-state index contributed by atoms with van der Waals surface area (Å²) in [6, 6.07) is 9.09. The molecule has 3 fully saturated rings. The molecule has 29 heavy (non-hydrogen) atoms. The molecule has 2 saturated carbocycles. The minimum atomic E-state index is -0.760. The minimum Gasteiger partial charge on any atom is -0.352 e. The third-order valence-corrected chi connectivity index (χ3v) is 7.34. The van der Waals surface area contributed by atoms with Gasteiger partial charge in [0.1, 0.15) is 6.04 Å². The third kappa shape index (κ3) is 3.21. The molecular formula is C24H28N2O3. The molecular weight excluding hydrogens is 364 g/mol. The quantitative estimate of drug-likeness (QED) is 0.619. The van der Waals surface area contributed by atoms with Crippen molar-refractivity contribution in [1.29, 1.82) is 0 Å². The first-order valence-corrected chi connectivity index (χ1v) is 11.0. The maximum absolute atomic E-state index is 13.3. The van der Waals surface area contributed by atoms with Crippen molar-refractivity contribution in [3.8, 4) is 0 Å². The van der Waals surface area contributed by atoms with Gasteiger partial charge in [0.25, 0.3) is 0 Å². The summed E-state index contributed by atoms with van der Waals surface area (Å²) < 4.78 is 0. The van der Waals surface area contributed by atoms with E-state index in [2.05, 4.69) is 17.5 Å². The molecule has 1 heterocycles. The summed E-state index contributed by atoms with van der Waals surface area (Å²) in [6.07, 6.45) is 10.9. The van der Waals surface area contributed by atoms with Crippen LogP contribution < -0.4 is 5.32 Å². The Morgan fingerprint density at radius 3 is 2.21 bits per heavy atom. The number of benzene rings is 1. The van der Waals surface area contributed by atoms with Crippen LogP contribution in [0.25, 0.3) is 0 Å². The highest BCUT2D eigenvalue weighted by atomic mass is 16.2. The van der Waals surface area contributed by atoms with E-state index in [1.165, 1.54) is 11.3 Å². The lowest BCUT2D eigenvalue weighted by Crippen LogP contribution is -2.53. The fourth-order valence-electron chi connectivity index (χ4n) is 5.92. The summed E-state index contributed by atoms with van der Waals surface area (Å²) in [5, 5.41) is 3.16. The molecule has 1 aliphatic heterocycles. The van der Waals surface area contributed by atoms with Crippen LogP contribution >= 0.6 is 0 Å². The summed E-state index contributed by atoms with van der Waals surface area (Å²) in [5.74, 6) is -0.678. The minimum absolute atomic E-state index is 0.142. The van der Waals surface area contributed by atoms with Gasteiger partial charge in [-0.15, -0.1) is 0 Å². The zero-order valence-corrected chi connectivity index (χ0v) is 16.6. The van der Waals surface area contributed by atoms with Gasteiger partial charge in [0.05, 0.1) is 11.8 Å². The Balaban J connectivity index is 1.41. The Hall–Kier alpha value is -2.43. The number of fused-ring (bicyclic) bond motifs is 5. The van der Waals surface area contributed by atoms with E-state index in [1.54, 1.807) is 0 Å². The van der Waals surface area contributed by atoms with E-state index in [9.17, 15) is 14.4 Å². The van der Waals surface area contributed by atoms with Gasteiger partial charge in [-0.05, 0) is 36.7 Å². The fraction of sp³-hybridized carbons (Fsp3) is 0.542. The Morgan fingerprint density at radius 2 is 1.59 bits per heavy atom. The lowest BCUT2D eigenvalue weighted by atomic mass is 9.85. The molecule has 1 N–H and O–H groups in total. The number of nitrogens with zero attached hydrogens (tertiary/aromatic N) is 1. The van der Waals surface area contributed by atoms with E-state index in [1.807, 2.05) is 30.3 Å². The maximum Gasteiger partial charge on any atom is 0.243 e. The molecule has 5 nitrogen and oxygen atoms in total. The van der Waals surface area contributed by atoms with Gasteiger partial charge in [0, 0.05) is 12.5 Å². The topological polar surface area (TPSA) is 66.5 Å². The second kappa shape index (κ2) is 7.43. The molecule has 4 aliphatic rings. The number of likely N-dealkylation sites (tertiary alicyclic amines) is 1. The number of nitrogens with one attached hydrogen (secondary N) is 1. The van der Waals surface area contributed by atoms with Crippen molar-refractivity contribution < 1.29 is 14.4 Å². The Labute approximate surface area is 171 Å². The summed E-state index contributed by atoms with van der Waals surface area (Å²) in [6.45, 7) is 0. The van der Waals surface area contributed by atoms with Crippen molar-refractivity contribution in [2.75, 3.05) is 0 Å². The highest BCUT2D eigenvalue weighted by molar-refractivity contribution is 6.09. The van der Waals surface area contributed by atoms with Crippen LogP contribution in [0.15, 0.2) is 42.5 Å². The molecule has 152 valence electrons. The van der Waals surface area contributed by atoms with Gasteiger partial charge < -0.3 is 5.32 Å². The highest BCUT2D eigenvalue weighted by Crippen LogP contribution is 2.53. The van der Waals surface area contributed by atoms with Gasteiger partial charge in [0.2, 0.25) is 17.7 Å². The van der Waals surface area contributed by atoms with E-state index in [0.717, 1.165) is 37.7 Å².